The molecule has 19 heavy (non-hydrogen) atoms. The summed E-state index contributed by atoms with van der Waals surface area (Å²) >= 11 is 0. The normalized spacial score (nSPS) is 14.9. The smallest absolute Gasteiger partial charge is 0.164 e. The van der Waals surface area contributed by atoms with Crippen molar-refractivity contribution in [3.63, 3.8) is 0 Å². The lowest BCUT2D eigenvalue weighted by Crippen LogP contribution is -2.29. The number of unbranched alkanes of at least 4 members (excludes halogenated alkanes) is 1. The maximum atomic E-state index is 12.2. The SMILES string of the molecule is CCCCN(CCC(=O)c1ccc(C)cc1)C1CC1. The predicted octanol–water partition coefficient (Wildman–Crippen LogP) is 3.83. The average Bonchev–Trinajstić information content (AvgIpc) is 3.24. The molecule has 0 atom stereocenters. The van der Waals surface area contributed by atoms with Crippen LogP contribution in [0, 0.1) is 6.92 Å². The zero-order chi connectivity index (χ0) is 13.7. The second kappa shape index (κ2) is 6.85. The molecule has 0 amide bonds. The van der Waals surface area contributed by atoms with Crippen molar-refractivity contribution >= 4 is 5.78 Å². The Morgan fingerprint density at radius 1 is 1.21 bits per heavy atom. The number of hydrogen-bond donors (Lipinski definition) is 0. The quantitative estimate of drug-likeness (QED) is 0.661. The van der Waals surface area contributed by atoms with Gasteiger partial charge in [-0.1, -0.05) is 43.2 Å². The first-order chi connectivity index (χ1) is 9.20. The lowest BCUT2D eigenvalue weighted by molar-refractivity contribution is 0.0962. The molecule has 1 aliphatic carbocycles. The van der Waals surface area contributed by atoms with Crippen molar-refractivity contribution in [2.24, 2.45) is 0 Å². The molecule has 0 heterocycles. The molecule has 1 aromatic carbocycles. The molecule has 0 N–H and O–H groups in total. The highest BCUT2D eigenvalue weighted by atomic mass is 16.1. The Balaban J connectivity index is 1.82. The largest absolute Gasteiger partial charge is 0.300 e. The first-order valence-corrected chi connectivity index (χ1v) is 7.54. The molecule has 0 radical (unpaired) electrons. The Kier molecular flexibility index (Phi) is 5.15. The minimum Gasteiger partial charge on any atom is -0.300 e. The number of carbonyl (C=O) groups is 1. The Hall–Kier alpha value is -1.15. The van der Waals surface area contributed by atoms with E-state index in [4.69, 9.17) is 0 Å². The Morgan fingerprint density at radius 2 is 1.89 bits per heavy atom. The summed E-state index contributed by atoms with van der Waals surface area (Å²) in [5.41, 5.74) is 2.07. The fourth-order valence-corrected chi connectivity index (χ4v) is 2.41. The number of ketones is 1. The van der Waals surface area contributed by atoms with Crippen LogP contribution in [0.15, 0.2) is 24.3 Å². The van der Waals surface area contributed by atoms with Crippen molar-refractivity contribution in [3.05, 3.63) is 35.4 Å². The van der Waals surface area contributed by atoms with Gasteiger partial charge in [-0.05, 0) is 32.7 Å². The van der Waals surface area contributed by atoms with Gasteiger partial charge >= 0.3 is 0 Å². The van der Waals surface area contributed by atoms with E-state index in [-0.39, 0.29) is 5.78 Å². The summed E-state index contributed by atoms with van der Waals surface area (Å²) in [6, 6.07) is 8.69. The highest BCUT2D eigenvalue weighted by Gasteiger charge is 2.28. The molecule has 0 saturated heterocycles. The summed E-state index contributed by atoms with van der Waals surface area (Å²) < 4.78 is 0. The van der Waals surface area contributed by atoms with Gasteiger partial charge in [0.25, 0.3) is 0 Å². The van der Waals surface area contributed by atoms with Crippen LogP contribution in [0.4, 0.5) is 0 Å². The number of Topliss-reactive ketones (excluding diaryl/α,β-unsaturated/α-hetero) is 1. The fourth-order valence-electron chi connectivity index (χ4n) is 2.41. The van der Waals surface area contributed by atoms with E-state index >= 15 is 0 Å². The highest BCUT2D eigenvalue weighted by molar-refractivity contribution is 5.96. The van der Waals surface area contributed by atoms with Gasteiger partial charge in [0.2, 0.25) is 0 Å². The van der Waals surface area contributed by atoms with Gasteiger partial charge in [-0.3, -0.25) is 9.69 Å². The predicted molar refractivity (Wildman–Crippen MR) is 79.6 cm³/mol. The van der Waals surface area contributed by atoms with Gasteiger partial charge in [-0.15, -0.1) is 0 Å². The van der Waals surface area contributed by atoms with E-state index in [1.165, 1.54) is 31.2 Å². The summed E-state index contributed by atoms with van der Waals surface area (Å²) in [7, 11) is 0. The molecule has 1 aromatic rings. The minimum atomic E-state index is 0.280. The van der Waals surface area contributed by atoms with Crippen LogP contribution < -0.4 is 0 Å². The van der Waals surface area contributed by atoms with Crippen molar-refractivity contribution in [1.82, 2.24) is 4.90 Å². The van der Waals surface area contributed by atoms with Crippen LogP contribution in [0.1, 0.15) is 54.9 Å². The second-order valence-electron chi connectivity index (χ2n) is 5.66. The van der Waals surface area contributed by atoms with Crippen LogP contribution >= 0.6 is 0 Å². The lowest BCUT2D eigenvalue weighted by Gasteiger charge is -2.21. The van der Waals surface area contributed by atoms with Crippen molar-refractivity contribution < 1.29 is 4.79 Å². The Labute approximate surface area is 116 Å². The summed E-state index contributed by atoms with van der Waals surface area (Å²) in [5, 5.41) is 0. The number of benzene rings is 1. The number of nitrogens with zero attached hydrogens (tertiary/aromatic N) is 1. The molecule has 2 rings (SSSR count). The van der Waals surface area contributed by atoms with Crippen molar-refractivity contribution in [2.45, 2.75) is 52.0 Å². The third kappa shape index (κ3) is 4.46. The van der Waals surface area contributed by atoms with Crippen LogP contribution in [0.25, 0.3) is 0 Å². The third-order valence-corrected chi connectivity index (χ3v) is 3.86. The van der Waals surface area contributed by atoms with E-state index in [1.54, 1.807) is 0 Å². The van der Waals surface area contributed by atoms with Gasteiger partial charge in [0.15, 0.2) is 5.78 Å². The zero-order valence-electron chi connectivity index (χ0n) is 12.2. The third-order valence-electron chi connectivity index (χ3n) is 3.86. The lowest BCUT2D eigenvalue weighted by atomic mass is 10.1. The van der Waals surface area contributed by atoms with Gasteiger partial charge in [-0.2, -0.15) is 0 Å². The van der Waals surface area contributed by atoms with Crippen molar-refractivity contribution in [2.75, 3.05) is 13.1 Å². The molecular formula is C17H25NO. The first-order valence-electron chi connectivity index (χ1n) is 7.54. The van der Waals surface area contributed by atoms with Crippen LogP contribution in [0.5, 0.6) is 0 Å². The van der Waals surface area contributed by atoms with Crippen LogP contribution in [0.3, 0.4) is 0 Å². The molecule has 0 spiro atoms. The van der Waals surface area contributed by atoms with Crippen LogP contribution in [-0.4, -0.2) is 29.8 Å². The molecule has 2 heteroatoms. The topological polar surface area (TPSA) is 20.3 Å². The molecular weight excluding hydrogens is 234 g/mol. The first kappa shape index (κ1) is 14.3. The second-order valence-corrected chi connectivity index (χ2v) is 5.66. The van der Waals surface area contributed by atoms with E-state index in [0.29, 0.717) is 6.42 Å². The van der Waals surface area contributed by atoms with Gasteiger partial charge in [-0.25, -0.2) is 0 Å². The zero-order valence-corrected chi connectivity index (χ0v) is 12.2. The number of carbonyl (C=O) groups excluding carboxylic acids is 1. The van der Waals surface area contributed by atoms with Gasteiger partial charge in [0.05, 0.1) is 0 Å². The van der Waals surface area contributed by atoms with E-state index in [2.05, 4.69) is 11.8 Å². The number of aryl methyl sites for hydroxylation is 1. The molecule has 0 unspecified atom stereocenters. The van der Waals surface area contributed by atoms with Crippen molar-refractivity contribution in [3.8, 4) is 0 Å². The average molecular weight is 259 g/mol. The van der Waals surface area contributed by atoms with E-state index < -0.39 is 0 Å². The summed E-state index contributed by atoms with van der Waals surface area (Å²) in [6.45, 7) is 6.36. The fraction of sp³-hybridized carbons (Fsp3) is 0.588. The monoisotopic (exact) mass is 259 g/mol. The molecule has 0 aliphatic heterocycles. The van der Waals surface area contributed by atoms with Crippen LogP contribution in [-0.2, 0) is 0 Å². The van der Waals surface area contributed by atoms with Gasteiger partial charge in [0.1, 0.15) is 0 Å². The minimum absolute atomic E-state index is 0.280. The van der Waals surface area contributed by atoms with Gasteiger partial charge in [0, 0.05) is 24.6 Å². The molecule has 2 nitrogen and oxygen atoms in total. The maximum Gasteiger partial charge on any atom is 0.164 e. The summed E-state index contributed by atoms with van der Waals surface area (Å²) in [6.07, 6.45) is 5.78. The summed E-state index contributed by atoms with van der Waals surface area (Å²) in [5.74, 6) is 0.280. The molecule has 1 aliphatic rings. The molecule has 1 saturated carbocycles. The molecule has 0 bridgehead atoms. The van der Waals surface area contributed by atoms with E-state index in [1.807, 2.05) is 31.2 Å². The molecule has 0 aromatic heterocycles. The van der Waals surface area contributed by atoms with E-state index in [9.17, 15) is 4.79 Å². The maximum absolute atomic E-state index is 12.2. The Bertz CT molecular complexity index is 406. The summed E-state index contributed by atoms with van der Waals surface area (Å²) in [4.78, 5) is 14.7. The van der Waals surface area contributed by atoms with Crippen LogP contribution in [0.2, 0.25) is 0 Å². The molecule has 1 fully saturated rings. The standard InChI is InChI=1S/C17H25NO/c1-3-4-12-18(16-9-10-16)13-11-17(19)15-7-5-14(2)6-8-15/h5-8,16H,3-4,9-13H2,1-2H3. The van der Waals surface area contributed by atoms with Gasteiger partial charge < -0.3 is 0 Å². The Morgan fingerprint density at radius 3 is 2.47 bits per heavy atom. The van der Waals surface area contributed by atoms with E-state index in [0.717, 1.165) is 24.7 Å². The molecule has 104 valence electrons. The van der Waals surface area contributed by atoms with Crippen molar-refractivity contribution in [1.29, 1.82) is 0 Å². The highest BCUT2D eigenvalue weighted by Crippen LogP contribution is 2.27. The number of rotatable bonds is 8. The number of hydrogen-bond acceptors (Lipinski definition) is 2.